The van der Waals surface area contributed by atoms with Crippen LogP contribution in [0, 0.1) is 11.6 Å². The molecule has 2 aliphatic heterocycles. The second kappa shape index (κ2) is 7.95. The van der Waals surface area contributed by atoms with Gasteiger partial charge < -0.3 is 9.42 Å². The van der Waals surface area contributed by atoms with Crippen LogP contribution in [0.5, 0.6) is 0 Å². The number of fused-ring (bicyclic) bond motifs is 1. The van der Waals surface area contributed by atoms with Gasteiger partial charge in [0, 0.05) is 25.2 Å². The molecule has 0 amide bonds. The van der Waals surface area contributed by atoms with Gasteiger partial charge in [-0.1, -0.05) is 23.4 Å². The highest BCUT2D eigenvalue weighted by Crippen LogP contribution is 2.38. The Balaban J connectivity index is 1.38. The van der Waals surface area contributed by atoms with Gasteiger partial charge in [-0.05, 0) is 24.3 Å². The molecule has 2 aliphatic rings. The number of alkyl halides is 3. The zero-order valence-electron chi connectivity index (χ0n) is 16.9. The summed E-state index contributed by atoms with van der Waals surface area (Å²) in [5.41, 5.74) is -0.401. The molecule has 3 aromatic rings. The summed E-state index contributed by atoms with van der Waals surface area (Å²) in [7, 11) is 0. The van der Waals surface area contributed by atoms with Crippen molar-refractivity contribution in [1.29, 1.82) is 0 Å². The van der Waals surface area contributed by atoms with Crippen LogP contribution in [0.4, 0.5) is 22.0 Å². The fraction of sp³-hybridized carbons (Fsp3) is 0.174. The van der Waals surface area contributed by atoms with Crippen molar-refractivity contribution in [2.45, 2.75) is 19.1 Å². The quantitative estimate of drug-likeness (QED) is 0.479. The van der Waals surface area contributed by atoms with E-state index in [4.69, 9.17) is 4.52 Å². The van der Waals surface area contributed by atoms with E-state index >= 15 is 0 Å². The normalized spacial score (nSPS) is 15.8. The summed E-state index contributed by atoms with van der Waals surface area (Å²) in [5.74, 6) is -0.906. The molecule has 0 spiro atoms. The molecule has 0 bridgehead atoms. The molecule has 0 unspecified atom stereocenters. The van der Waals surface area contributed by atoms with Crippen molar-refractivity contribution in [3.05, 3.63) is 88.9 Å². The minimum absolute atomic E-state index is 0.185. The van der Waals surface area contributed by atoms with E-state index in [1.165, 1.54) is 12.1 Å². The number of nitrogens with zero attached hydrogens (tertiary/aromatic N) is 4. The zero-order chi connectivity index (χ0) is 23.2. The van der Waals surface area contributed by atoms with Crippen LogP contribution in [-0.4, -0.2) is 28.1 Å². The first-order chi connectivity index (χ1) is 15.8. The number of aliphatic imine (C=N–C) groups is 2. The summed E-state index contributed by atoms with van der Waals surface area (Å²) in [4.78, 5) is 10.7. The maximum absolute atomic E-state index is 14.2. The van der Waals surface area contributed by atoms with E-state index < -0.39 is 28.9 Å². The molecule has 0 saturated heterocycles. The predicted molar refractivity (Wildman–Crippen MR) is 110 cm³/mol. The Kier molecular flexibility index (Phi) is 5.07. The molecular formula is C23H15F5N4O. The van der Waals surface area contributed by atoms with Crippen molar-refractivity contribution in [3.63, 3.8) is 0 Å². The fourth-order valence-corrected chi connectivity index (χ4v) is 3.78. The van der Waals surface area contributed by atoms with Crippen LogP contribution >= 0.6 is 0 Å². The summed E-state index contributed by atoms with van der Waals surface area (Å²) in [5, 5.41) is 3.66. The number of allylic oxidation sites excluding steroid dienone is 1. The first kappa shape index (κ1) is 21.0. The fourth-order valence-electron chi connectivity index (χ4n) is 3.78. The van der Waals surface area contributed by atoms with Crippen molar-refractivity contribution in [1.82, 2.24) is 10.1 Å². The number of amidine groups is 1. The highest BCUT2D eigenvalue weighted by molar-refractivity contribution is 6.18. The molecule has 0 radical (unpaired) electrons. The molecular weight excluding hydrogens is 443 g/mol. The topological polar surface area (TPSA) is 54.0 Å². The molecule has 3 heterocycles. The van der Waals surface area contributed by atoms with Crippen LogP contribution in [0.1, 0.15) is 23.3 Å². The molecule has 0 N–H and O–H groups in total. The third kappa shape index (κ3) is 4.04. The Bertz CT molecular complexity index is 1320. The number of hydrogen-bond acceptors (Lipinski definition) is 5. The summed E-state index contributed by atoms with van der Waals surface area (Å²) >= 11 is 0. The van der Waals surface area contributed by atoms with Crippen molar-refractivity contribution < 1.29 is 26.5 Å². The lowest BCUT2D eigenvalue weighted by Crippen LogP contribution is -2.25. The molecule has 0 fully saturated rings. The van der Waals surface area contributed by atoms with Crippen LogP contribution in [0.2, 0.25) is 0 Å². The lowest BCUT2D eigenvalue weighted by Gasteiger charge is -2.23. The van der Waals surface area contributed by atoms with E-state index in [1.54, 1.807) is 24.4 Å². The van der Waals surface area contributed by atoms with Gasteiger partial charge in [-0.3, -0.25) is 0 Å². The number of benzene rings is 2. The van der Waals surface area contributed by atoms with Gasteiger partial charge >= 0.3 is 6.18 Å². The Morgan fingerprint density at radius 3 is 2.55 bits per heavy atom. The van der Waals surface area contributed by atoms with Gasteiger partial charge in [-0.2, -0.15) is 13.2 Å². The van der Waals surface area contributed by atoms with E-state index in [0.29, 0.717) is 24.2 Å². The minimum Gasteiger partial charge on any atom is -0.368 e. The number of rotatable bonds is 4. The largest absolute Gasteiger partial charge is 0.417 e. The Morgan fingerprint density at radius 1 is 0.970 bits per heavy atom. The lowest BCUT2D eigenvalue weighted by molar-refractivity contribution is -0.137. The summed E-state index contributed by atoms with van der Waals surface area (Å²) in [6, 6.07) is 10.3. The maximum atomic E-state index is 14.2. The summed E-state index contributed by atoms with van der Waals surface area (Å²) in [6.07, 6.45) is -2.47. The van der Waals surface area contributed by atoms with Crippen molar-refractivity contribution in [3.8, 4) is 11.3 Å². The lowest BCUT2D eigenvalue weighted by atomic mass is 10.0. The Labute approximate surface area is 184 Å². The van der Waals surface area contributed by atoms with Gasteiger partial charge in [0.1, 0.15) is 23.0 Å². The number of halogens is 5. The molecule has 5 nitrogen and oxygen atoms in total. The van der Waals surface area contributed by atoms with E-state index in [9.17, 15) is 22.0 Å². The van der Waals surface area contributed by atoms with Gasteiger partial charge in [0.2, 0.25) is 0 Å². The van der Waals surface area contributed by atoms with Crippen LogP contribution in [0.15, 0.2) is 74.9 Å². The molecule has 0 atom stereocenters. The predicted octanol–water partition coefficient (Wildman–Crippen LogP) is 5.59. The van der Waals surface area contributed by atoms with Crippen LogP contribution in [0.25, 0.3) is 11.3 Å². The van der Waals surface area contributed by atoms with Crippen molar-refractivity contribution in [2.24, 2.45) is 9.98 Å². The first-order valence-electron chi connectivity index (χ1n) is 9.98. The third-order valence-electron chi connectivity index (χ3n) is 5.31. The summed E-state index contributed by atoms with van der Waals surface area (Å²) in [6.45, 7) is 0.718. The molecule has 5 rings (SSSR count). The average Bonchev–Trinajstić information content (AvgIpc) is 3.40. The molecule has 33 heavy (non-hydrogen) atoms. The number of aromatic nitrogens is 1. The monoisotopic (exact) mass is 458 g/mol. The standard InChI is InChI=1S/C23H15F5N4O/c24-16-6-2-1-4-14(16)22-29-18-8-9-32(12-20(18)30-22)11-13-10-19(31-33-13)21-15(23(26,27)28)5-3-7-17(21)25/h1-7,10,12H,8-9,11H2. The smallest absolute Gasteiger partial charge is 0.368 e. The Morgan fingerprint density at radius 2 is 1.76 bits per heavy atom. The van der Waals surface area contributed by atoms with Crippen LogP contribution in [-0.2, 0) is 12.7 Å². The molecule has 168 valence electrons. The van der Waals surface area contributed by atoms with Gasteiger partial charge in [0.25, 0.3) is 0 Å². The first-order valence-corrected chi connectivity index (χ1v) is 9.98. The highest BCUT2D eigenvalue weighted by atomic mass is 19.4. The molecule has 2 aromatic carbocycles. The number of hydrogen-bond donors (Lipinski definition) is 0. The second-order valence-corrected chi connectivity index (χ2v) is 7.55. The van der Waals surface area contributed by atoms with Crippen LogP contribution < -0.4 is 0 Å². The average molecular weight is 458 g/mol. The van der Waals surface area contributed by atoms with E-state index in [-0.39, 0.29) is 23.8 Å². The van der Waals surface area contributed by atoms with E-state index in [0.717, 1.165) is 23.9 Å². The minimum atomic E-state index is -4.74. The zero-order valence-corrected chi connectivity index (χ0v) is 16.9. The van der Waals surface area contributed by atoms with Crippen molar-refractivity contribution >= 4 is 11.5 Å². The molecule has 0 saturated carbocycles. The highest BCUT2D eigenvalue weighted by Gasteiger charge is 2.36. The third-order valence-corrected chi connectivity index (χ3v) is 5.31. The molecule has 0 aliphatic carbocycles. The molecule has 10 heteroatoms. The molecule has 1 aromatic heterocycles. The summed E-state index contributed by atoms with van der Waals surface area (Å²) < 4.78 is 73.4. The van der Waals surface area contributed by atoms with Crippen LogP contribution in [0.3, 0.4) is 0 Å². The van der Waals surface area contributed by atoms with Gasteiger partial charge in [-0.25, -0.2) is 18.8 Å². The second-order valence-electron chi connectivity index (χ2n) is 7.55. The van der Waals surface area contributed by atoms with Gasteiger partial charge in [0.05, 0.1) is 28.9 Å². The van der Waals surface area contributed by atoms with Crippen molar-refractivity contribution in [2.75, 3.05) is 6.54 Å². The SMILES string of the molecule is Fc1ccccc1C1=NC2=CN(Cc3cc(-c4c(F)cccc4C(F)(F)F)no3)CCC2=N1. The van der Waals surface area contributed by atoms with Gasteiger partial charge in [-0.15, -0.1) is 0 Å². The Hall–Kier alpha value is -3.82. The van der Waals surface area contributed by atoms with Gasteiger partial charge in [0.15, 0.2) is 11.6 Å². The maximum Gasteiger partial charge on any atom is 0.417 e. The van der Waals surface area contributed by atoms with E-state index in [2.05, 4.69) is 15.1 Å². The van der Waals surface area contributed by atoms with E-state index in [1.807, 2.05) is 4.90 Å².